The first kappa shape index (κ1) is 25.6. The van der Waals surface area contributed by atoms with Crippen molar-refractivity contribution in [1.29, 1.82) is 5.26 Å². The van der Waals surface area contributed by atoms with Crippen LogP contribution in [0.1, 0.15) is 51.4 Å². The van der Waals surface area contributed by atoms with E-state index in [0.717, 1.165) is 35.4 Å². The fourth-order valence-corrected chi connectivity index (χ4v) is 2.38. The lowest BCUT2D eigenvalue weighted by atomic mass is 10.1. The second-order valence-corrected chi connectivity index (χ2v) is 6.34. The normalized spacial score (nSPS) is 11.5. The molecule has 5 nitrogen and oxygen atoms in total. The summed E-state index contributed by atoms with van der Waals surface area (Å²) in [4.78, 5) is 4.40. The van der Waals surface area contributed by atoms with Gasteiger partial charge < -0.3 is 15.2 Å². The number of rotatable bonds is 10. The summed E-state index contributed by atoms with van der Waals surface area (Å²) in [7, 11) is 0. The van der Waals surface area contributed by atoms with Gasteiger partial charge in [0.25, 0.3) is 0 Å². The van der Waals surface area contributed by atoms with Crippen LogP contribution >= 0.6 is 0 Å². The number of nitrogens with zero attached hydrogens (tertiary/aromatic N) is 2. The summed E-state index contributed by atoms with van der Waals surface area (Å²) in [6.07, 6.45) is 8.00. The van der Waals surface area contributed by atoms with Crippen molar-refractivity contribution < 1.29 is 9.84 Å². The minimum Gasteiger partial charge on any atom is -0.489 e. The molecule has 0 spiro atoms. The molecule has 0 unspecified atom stereocenters. The predicted octanol–water partition coefficient (Wildman–Crippen LogP) is 4.41. The van der Waals surface area contributed by atoms with Crippen LogP contribution in [-0.2, 0) is 13.0 Å². The number of ether oxygens (including phenoxy) is 1. The lowest BCUT2D eigenvalue weighted by Gasteiger charge is -2.18. The number of aryl methyl sites for hydroxylation is 1. The maximum absolute atomic E-state index is 9.78. The van der Waals surface area contributed by atoms with Gasteiger partial charge in [-0.1, -0.05) is 32.6 Å². The van der Waals surface area contributed by atoms with E-state index in [2.05, 4.69) is 22.9 Å². The highest BCUT2D eigenvalue weighted by Gasteiger charge is 2.14. The summed E-state index contributed by atoms with van der Waals surface area (Å²) in [6.45, 7) is 16.7. The molecule has 0 amide bonds. The minimum atomic E-state index is -0.0726. The zero-order chi connectivity index (χ0) is 21.5. The molecule has 5 heteroatoms. The van der Waals surface area contributed by atoms with E-state index in [-0.39, 0.29) is 12.7 Å². The van der Waals surface area contributed by atoms with Gasteiger partial charge in [0.2, 0.25) is 0 Å². The van der Waals surface area contributed by atoms with E-state index in [9.17, 15) is 5.11 Å². The summed E-state index contributed by atoms with van der Waals surface area (Å²) in [5, 5.41) is 21.9. The Morgan fingerprint density at radius 1 is 1.39 bits per heavy atom. The molecule has 0 saturated carbocycles. The number of aliphatic hydroxyl groups excluding tert-OH is 1. The number of allylic oxidation sites excluding steroid dienone is 3. The zero-order valence-electron chi connectivity index (χ0n) is 18.2. The highest BCUT2D eigenvalue weighted by molar-refractivity contribution is 5.42. The second kappa shape index (κ2) is 14.6. The predicted molar refractivity (Wildman–Crippen MR) is 116 cm³/mol. The van der Waals surface area contributed by atoms with Crippen molar-refractivity contribution >= 4 is 0 Å². The maximum atomic E-state index is 9.78. The smallest absolute Gasteiger partial charge is 0.146 e. The van der Waals surface area contributed by atoms with Gasteiger partial charge in [0.15, 0.2) is 0 Å². The Morgan fingerprint density at radius 3 is 2.61 bits per heavy atom. The van der Waals surface area contributed by atoms with Crippen LogP contribution in [0, 0.1) is 18.3 Å². The number of aromatic nitrogens is 1. The van der Waals surface area contributed by atoms with Crippen molar-refractivity contribution in [3.05, 3.63) is 59.0 Å². The molecular formula is C23H35N3O2. The maximum Gasteiger partial charge on any atom is 0.146 e. The Labute approximate surface area is 170 Å². The van der Waals surface area contributed by atoms with Crippen LogP contribution in [-0.4, -0.2) is 29.3 Å². The van der Waals surface area contributed by atoms with Gasteiger partial charge in [-0.05, 0) is 57.9 Å². The Balaban J connectivity index is 0.00000352. The fourth-order valence-electron chi connectivity index (χ4n) is 2.38. The zero-order valence-corrected chi connectivity index (χ0v) is 18.2. The molecular weight excluding hydrogens is 350 g/mol. The van der Waals surface area contributed by atoms with Crippen molar-refractivity contribution in [3.8, 4) is 11.8 Å². The quantitative estimate of drug-likeness (QED) is 0.354. The summed E-state index contributed by atoms with van der Waals surface area (Å²) < 4.78 is 5.84. The number of nitrogens with one attached hydrogen (secondary N) is 1. The van der Waals surface area contributed by atoms with E-state index >= 15 is 0 Å². The van der Waals surface area contributed by atoms with Gasteiger partial charge in [-0.3, -0.25) is 4.98 Å². The number of pyridine rings is 1. The van der Waals surface area contributed by atoms with Crippen molar-refractivity contribution in [2.45, 2.75) is 60.7 Å². The summed E-state index contributed by atoms with van der Waals surface area (Å²) in [5.74, 6) is 0.684. The van der Waals surface area contributed by atoms with Crippen LogP contribution < -0.4 is 10.1 Å². The second-order valence-electron chi connectivity index (χ2n) is 6.34. The third kappa shape index (κ3) is 8.98. The summed E-state index contributed by atoms with van der Waals surface area (Å²) in [5.41, 5.74) is 4.23. The average molecular weight is 386 g/mol. The molecule has 0 atom stereocenters. The van der Waals surface area contributed by atoms with Crippen molar-refractivity contribution in [2.24, 2.45) is 0 Å². The van der Waals surface area contributed by atoms with E-state index in [1.807, 2.05) is 40.7 Å². The van der Waals surface area contributed by atoms with E-state index in [1.165, 1.54) is 0 Å². The van der Waals surface area contributed by atoms with E-state index in [1.54, 1.807) is 25.3 Å². The molecule has 1 aromatic rings. The minimum absolute atomic E-state index is 0.0272. The summed E-state index contributed by atoms with van der Waals surface area (Å²) in [6, 6.07) is 2.09. The number of hydrogen-bond donors (Lipinski definition) is 2. The highest BCUT2D eigenvalue weighted by atomic mass is 16.5. The van der Waals surface area contributed by atoms with E-state index < -0.39 is 0 Å². The van der Waals surface area contributed by atoms with Crippen LogP contribution in [0.3, 0.4) is 0 Å². The van der Waals surface area contributed by atoms with Gasteiger partial charge in [-0.25, -0.2) is 0 Å². The van der Waals surface area contributed by atoms with E-state index in [4.69, 9.17) is 10.00 Å². The number of aliphatic hydroxyl groups is 1. The number of nitriles is 1. The Morgan fingerprint density at radius 2 is 2.07 bits per heavy atom. The molecule has 0 aliphatic carbocycles. The van der Waals surface area contributed by atoms with Crippen LogP contribution in [0.4, 0.5) is 0 Å². The molecule has 0 fully saturated rings. The Hall–Kier alpha value is -2.42. The molecule has 0 aromatic carbocycles. The summed E-state index contributed by atoms with van der Waals surface area (Å²) >= 11 is 0. The lowest BCUT2D eigenvalue weighted by Crippen LogP contribution is -2.20. The van der Waals surface area contributed by atoms with Gasteiger partial charge in [0, 0.05) is 23.9 Å². The SMILES string of the molecule is C=C/C(=C\C=C(/C)C#N)CNCCc1cnc(C)c(OC(C)C)c1CO.CC. The van der Waals surface area contributed by atoms with Gasteiger partial charge in [0.1, 0.15) is 5.75 Å². The van der Waals surface area contributed by atoms with Crippen LogP contribution in [0.25, 0.3) is 0 Å². The van der Waals surface area contributed by atoms with E-state index in [0.29, 0.717) is 17.9 Å². The topological polar surface area (TPSA) is 78.2 Å². The van der Waals surface area contributed by atoms with Gasteiger partial charge in [0.05, 0.1) is 24.5 Å². The molecule has 0 bridgehead atoms. The molecule has 1 heterocycles. The average Bonchev–Trinajstić information content (AvgIpc) is 2.70. The van der Waals surface area contributed by atoms with Crippen molar-refractivity contribution in [1.82, 2.24) is 10.3 Å². The molecule has 154 valence electrons. The molecule has 1 rings (SSSR count). The number of hydrogen-bond acceptors (Lipinski definition) is 5. The largest absolute Gasteiger partial charge is 0.489 e. The molecule has 0 radical (unpaired) electrons. The van der Waals surface area contributed by atoms with Gasteiger partial charge in [-0.2, -0.15) is 5.26 Å². The van der Waals surface area contributed by atoms with Crippen molar-refractivity contribution in [2.75, 3.05) is 13.1 Å². The van der Waals surface area contributed by atoms with Crippen LogP contribution in [0.15, 0.2) is 42.2 Å². The van der Waals surface area contributed by atoms with Gasteiger partial charge >= 0.3 is 0 Å². The third-order valence-electron chi connectivity index (χ3n) is 3.80. The van der Waals surface area contributed by atoms with Crippen molar-refractivity contribution in [3.63, 3.8) is 0 Å². The standard InChI is InChI=1S/C21H29N3O2.C2H6/c1-6-18(8-7-16(4)11-22)12-23-10-9-19-13-24-17(5)21(20(19)14-25)26-15(2)3;1-2/h6-8,13,15,23,25H,1,9-10,12,14H2,2-5H3;1-2H3/b16-7+,18-8+;. The first-order chi connectivity index (χ1) is 13.4. The monoisotopic (exact) mass is 385 g/mol. The highest BCUT2D eigenvalue weighted by Crippen LogP contribution is 2.26. The Bertz CT molecular complexity index is 713. The molecule has 0 saturated heterocycles. The first-order valence-electron chi connectivity index (χ1n) is 9.78. The van der Waals surface area contributed by atoms with Crippen LogP contribution in [0.5, 0.6) is 5.75 Å². The Kier molecular flexibility index (Phi) is 13.4. The van der Waals surface area contributed by atoms with Crippen LogP contribution in [0.2, 0.25) is 0 Å². The molecule has 28 heavy (non-hydrogen) atoms. The van der Waals surface area contributed by atoms with Gasteiger partial charge in [-0.15, -0.1) is 0 Å². The third-order valence-corrected chi connectivity index (χ3v) is 3.80. The molecule has 2 N–H and O–H groups in total. The molecule has 1 aromatic heterocycles. The fraction of sp³-hybridized carbons (Fsp3) is 0.478. The first-order valence-corrected chi connectivity index (χ1v) is 9.78. The molecule has 0 aliphatic heterocycles. The lowest BCUT2D eigenvalue weighted by molar-refractivity contribution is 0.222. The molecule has 0 aliphatic rings.